The lowest BCUT2D eigenvalue weighted by atomic mass is 9.94. The Morgan fingerprint density at radius 2 is 1.64 bits per heavy atom. The fourth-order valence-electron chi connectivity index (χ4n) is 2.71. The Balaban J connectivity index is 2.35. The van der Waals surface area contributed by atoms with Gasteiger partial charge in [-0.25, -0.2) is 0 Å². The minimum absolute atomic E-state index is 0.0350. The number of nitrogens with one attached hydrogen (secondary N) is 1. The Bertz CT molecular complexity index is 809. The second-order valence-electron chi connectivity index (χ2n) is 7.68. The van der Waals surface area contributed by atoms with E-state index in [9.17, 15) is 4.79 Å². The monoisotopic (exact) mass is 336 g/mol. The van der Waals surface area contributed by atoms with Crippen LogP contribution in [0, 0.1) is 13.8 Å². The molecule has 0 fully saturated rings. The standard InChI is InChI=1S/C22H28N2O/c1-14-13-20(17-7-9-19(23)10-8-17)15(2)11-18(14)12-16(3)21(25)24-22(4,5)6/h7-13H,23H2,1-6H3,(H,24,25). The molecule has 0 saturated carbocycles. The van der Waals surface area contributed by atoms with Crippen LogP contribution in [0.2, 0.25) is 0 Å². The van der Waals surface area contributed by atoms with Crippen LogP contribution in [-0.2, 0) is 4.79 Å². The minimum Gasteiger partial charge on any atom is -0.399 e. The van der Waals surface area contributed by atoms with Crippen LogP contribution in [0.15, 0.2) is 42.0 Å². The van der Waals surface area contributed by atoms with E-state index in [1.165, 1.54) is 11.1 Å². The lowest BCUT2D eigenvalue weighted by Crippen LogP contribution is -2.40. The van der Waals surface area contributed by atoms with Crippen LogP contribution in [0.4, 0.5) is 5.69 Å². The van der Waals surface area contributed by atoms with Crippen LogP contribution >= 0.6 is 0 Å². The molecule has 0 atom stereocenters. The predicted molar refractivity (Wildman–Crippen MR) is 107 cm³/mol. The molecular weight excluding hydrogens is 308 g/mol. The summed E-state index contributed by atoms with van der Waals surface area (Å²) in [6.07, 6.45) is 1.95. The van der Waals surface area contributed by atoms with Crippen LogP contribution in [0.1, 0.15) is 44.4 Å². The van der Waals surface area contributed by atoms with Gasteiger partial charge in [0, 0.05) is 16.8 Å². The number of amides is 1. The number of rotatable bonds is 3. The van der Waals surface area contributed by atoms with Gasteiger partial charge in [-0.2, -0.15) is 0 Å². The summed E-state index contributed by atoms with van der Waals surface area (Å²) in [4.78, 5) is 12.3. The normalized spacial score (nSPS) is 12.2. The van der Waals surface area contributed by atoms with E-state index in [2.05, 4.69) is 31.3 Å². The largest absolute Gasteiger partial charge is 0.399 e. The van der Waals surface area contributed by atoms with Gasteiger partial charge in [0.25, 0.3) is 0 Å². The quantitative estimate of drug-likeness (QED) is 0.620. The smallest absolute Gasteiger partial charge is 0.247 e. The number of nitrogen functional groups attached to an aromatic ring is 1. The first-order valence-corrected chi connectivity index (χ1v) is 8.55. The molecule has 0 unspecified atom stereocenters. The molecule has 0 aromatic heterocycles. The highest BCUT2D eigenvalue weighted by Crippen LogP contribution is 2.28. The third-order valence-electron chi connectivity index (χ3n) is 4.05. The van der Waals surface area contributed by atoms with Crippen molar-refractivity contribution in [3.63, 3.8) is 0 Å². The second-order valence-corrected chi connectivity index (χ2v) is 7.68. The summed E-state index contributed by atoms with van der Waals surface area (Å²) in [6.45, 7) is 12.0. The van der Waals surface area contributed by atoms with Crippen molar-refractivity contribution in [2.24, 2.45) is 0 Å². The molecule has 3 heteroatoms. The molecule has 0 saturated heterocycles. The third-order valence-corrected chi connectivity index (χ3v) is 4.05. The van der Waals surface area contributed by atoms with Crippen molar-refractivity contribution in [1.82, 2.24) is 5.32 Å². The average molecular weight is 336 g/mol. The Kier molecular flexibility index (Phi) is 5.36. The number of aryl methyl sites for hydroxylation is 2. The summed E-state index contributed by atoms with van der Waals surface area (Å²) in [5, 5.41) is 3.00. The summed E-state index contributed by atoms with van der Waals surface area (Å²) < 4.78 is 0. The Morgan fingerprint density at radius 3 is 2.20 bits per heavy atom. The van der Waals surface area contributed by atoms with Crippen LogP contribution < -0.4 is 11.1 Å². The van der Waals surface area contributed by atoms with Crippen LogP contribution in [-0.4, -0.2) is 11.4 Å². The van der Waals surface area contributed by atoms with E-state index >= 15 is 0 Å². The van der Waals surface area contributed by atoms with E-state index in [0.717, 1.165) is 22.4 Å². The zero-order valence-electron chi connectivity index (χ0n) is 16.0. The SMILES string of the molecule is CC(=Cc1cc(C)c(-c2ccc(N)cc2)cc1C)C(=O)NC(C)(C)C. The number of hydrogen-bond donors (Lipinski definition) is 2. The lowest BCUT2D eigenvalue weighted by molar-refractivity contribution is -0.118. The van der Waals surface area contributed by atoms with E-state index in [1.807, 2.05) is 58.0 Å². The Labute approximate surface area is 150 Å². The van der Waals surface area contributed by atoms with E-state index in [0.29, 0.717) is 5.57 Å². The maximum absolute atomic E-state index is 12.3. The number of hydrogen-bond acceptors (Lipinski definition) is 2. The molecule has 0 spiro atoms. The Morgan fingerprint density at radius 1 is 1.04 bits per heavy atom. The van der Waals surface area contributed by atoms with Gasteiger partial charge in [-0.3, -0.25) is 4.79 Å². The summed E-state index contributed by atoms with van der Waals surface area (Å²) in [5.41, 5.74) is 12.7. The molecule has 25 heavy (non-hydrogen) atoms. The van der Waals surface area contributed by atoms with Crippen molar-refractivity contribution in [2.45, 2.75) is 47.1 Å². The van der Waals surface area contributed by atoms with E-state index in [1.54, 1.807) is 0 Å². The topological polar surface area (TPSA) is 55.1 Å². The molecule has 1 amide bonds. The summed E-state index contributed by atoms with van der Waals surface area (Å²) in [7, 11) is 0. The second kappa shape index (κ2) is 7.14. The predicted octanol–water partition coefficient (Wildman–Crippen LogP) is 4.87. The van der Waals surface area contributed by atoms with Gasteiger partial charge in [0.1, 0.15) is 0 Å². The van der Waals surface area contributed by atoms with E-state index < -0.39 is 0 Å². The molecule has 0 radical (unpaired) electrons. The molecule has 0 aliphatic heterocycles. The van der Waals surface area contributed by atoms with Gasteiger partial charge in [-0.05, 0) is 87.6 Å². The maximum Gasteiger partial charge on any atom is 0.247 e. The van der Waals surface area contributed by atoms with Crippen molar-refractivity contribution < 1.29 is 4.79 Å². The highest BCUT2D eigenvalue weighted by atomic mass is 16.1. The molecule has 0 aliphatic carbocycles. The molecule has 0 aliphatic rings. The molecule has 2 aromatic carbocycles. The van der Waals surface area contributed by atoms with Gasteiger partial charge in [-0.1, -0.05) is 24.3 Å². The summed E-state index contributed by atoms with van der Waals surface area (Å²) in [5.74, 6) is -0.0350. The molecule has 0 bridgehead atoms. The number of carbonyl (C=O) groups is 1. The van der Waals surface area contributed by atoms with Crippen LogP contribution in [0.25, 0.3) is 17.2 Å². The van der Waals surface area contributed by atoms with E-state index in [-0.39, 0.29) is 11.4 Å². The average Bonchev–Trinajstić information content (AvgIpc) is 2.50. The lowest BCUT2D eigenvalue weighted by Gasteiger charge is -2.20. The maximum atomic E-state index is 12.3. The van der Waals surface area contributed by atoms with Crippen molar-refractivity contribution in [3.05, 3.63) is 58.7 Å². The van der Waals surface area contributed by atoms with Crippen LogP contribution in [0.3, 0.4) is 0 Å². The van der Waals surface area contributed by atoms with Gasteiger partial charge >= 0.3 is 0 Å². The first-order chi connectivity index (χ1) is 11.6. The molecule has 0 heterocycles. The van der Waals surface area contributed by atoms with Crippen molar-refractivity contribution in [1.29, 1.82) is 0 Å². The fraction of sp³-hybridized carbons (Fsp3) is 0.318. The van der Waals surface area contributed by atoms with Crippen molar-refractivity contribution in [2.75, 3.05) is 5.73 Å². The minimum atomic E-state index is -0.240. The van der Waals surface area contributed by atoms with Gasteiger partial charge in [-0.15, -0.1) is 0 Å². The number of anilines is 1. The van der Waals surface area contributed by atoms with Gasteiger partial charge in [0.2, 0.25) is 5.91 Å². The molecule has 3 N–H and O–H groups in total. The van der Waals surface area contributed by atoms with Crippen LogP contribution in [0.5, 0.6) is 0 Å². The highest BCUT2D eigenvalue weighted by molar-refractivity contribution is 5.97. The fourth-order valence-corrected chi connectivity index (χ4v) is 2.71. The number of nitrogens with two attached hydrogens (primary N) is 1. The van der Waals surface area contributed by atoms with Crippen molar-refractivity contribution >= 4 is 17.7 Å². The van der Waals surface area contributed by atoms with Gasteiger partial charge in [0.05, 0.1) is 0 Å². The molecule has 2 rings (SSSR count). The molecule has 3 nitrogen and oxygen atoms in total. The third kappa shape index (κ3) is 4.96. The van der Waals surface area contributed by atoms with Gasteiger partial charge < -0.3 is 11.1 Å². The van der Waals surface area contributed by atoms with Gasteiger partial charge in [0.15, 0.2) is 0 Å². The first kappa shape index (κ1) is 18.8. The molecular formula is C22H28N2O. The highest BCUT2D eigenvalue weighted by Gasteiger charge is 2.15. The number of carbonyl (C=O) groups excluding carboxylic acids is 1. The Hall–Kier alpha value is -2.55. The first-order valence-electron chi connectivity index (χ1n) is 8.55. The molecule has 2 aromatic rings. The molecule has 132 valence electrons. The summed E-state index contributed by atoms with van der Waals surface area (Å²) >= 11 is 0. The zero-order valence-corrected chi connectivity index (χ0v) is 16.0. The van der Waals surface area contributed by atoms with Crippen molar-refractivity contribution in [3.8, 4) is 11.1 Å². The zero-order chi connectivity index (χ0) is 18.8. The van der Waals surface area contributed by atoms with E-state index in [4.69, 9.17) is 5.73 Å². The number of benzene rings is 2. The summed E-state index contributed by atoms with van der Waals surface area (Å²) in [6, 6.07) is 12.2.